The van der Waals surface area contributed by atoms with Crippen LogP contribution >= 0.6 is 15.9 Å². The van der Waals surface area contributed by atoms with E-state index in [1.54, 1.807) is 22.9 Å². The Kier molecular flexibility index (Phi) is 14.9. The number of hydrogen-bond acceptors (Lipinski definition) is 2. The summed E-state index contributed by atoms with van der Waals surface area (Å²) < 4.78 is 7.76. The van der Waals surface area contributed by atoms with Gasteiger partial charge in [-0.15, -0.1) is 6.58 Å². The van der Waals surface area contributed by atoms with Crippen LogP contribution in [0.4, 0.5) is 0 Å². The molecule has 2 rings (SSSR count). The van der Waals surface area contributed by atoms with Crippen molar-refractivity contribution >= 4 is 15.9 Å². The minimum absolute atomic E-state index is 0.138. The summed E-state index contributed by atoms with van der Waals surface area (Å²) in [4.78, 5) is 12.4. The first kappa shape index (κ1) is 26.4. The van der Waals surface area contributed by atoms with Crippen LogP contribution in [-0.2, 0) is 13.2 Å². The Morgan fingerprint density at radius 2 is 1.76 bits per heavy atom. The highest BCUT2D eigenvalue weighted by Gasteiger charge is 2.09. The summed E-state index contributed by atoms with van der Waals surface area (Å²) in [5, 5.41) is 0. The van der Waals surface area contributed by atoms with Gasteiger partial charge in [-0.3, -0.25) is 4.79 Å². The molecule has 0 fully saturated rings. The molecule has 4 heteroatoms. The Hall–Kier alpha value is -2.59. The van der Waals surface area contributed by atoms with Crippen LogP contribution < -0.4 is 10.3 Å². The van der Waals surface area contributed by atoms with Gasteiger partial charge >= 0.3 is 0 Å². The van der Waals surface area contributed by atoms with Crippen LogP contribution in [0.15, 0.2) is 101 Å². The Balaban J connectivity index is 0.00000143. The number of aromatic nitrogens is 1. The molecule has 156 valence electrons. The van der Waals surface area contributed by atoms with Gasteiger partial charge in [0.25, 0.3) is 5.56 Å². The molecule has 0 atom stereocenters. The van der Waals surface area contributed by atoms with E-state index in [0.717, 1.165) is 11.1 Å². The molecule has 1 aromatic carbocycles. The van der Waals surface area contributed by atoms with Crippen molar-refractivity contribution in [1.29, 1.82) is 0 Å². The van der Waals surface area contributed by atoms with Gasteiger partial charge in [0.2, 0.25) is 0 Å². The molecule has 0 radical (unpaired) electrons. The molecule has 0 aliphatic heterocycles. The molecule has 0 saturated heterocycles. The lowest BCUT2D eigenvalue weighted by Crippen LogP contribution is -2.21. The van der Waals surface area contributed by atoms with Crippen molar-refractivity contribution < 1.29 is 4.74 Å². The lowest BCUT2D eigenvalue weighted by Gasteiger charge is -2.11. The first-order valence-corrected chi connectivity index (χ1v) is 10.4. The number of nitrogens with zero attached hydrogens (tertiary/aromatic N) is 1. The van der Waals surface area contributed by atoms with E-state index in [4.69, 9.17) is 4.74 Å². The zero-order valence-corrected chi connectivity index (χ0v) is 19.5. The summed E-state index contributed by atoms with van der Waals surface area (Å²) in [6.07, 6.45) is 11.1. The van der Waals surface area contributed by atoms with Crippen LogP contribution in [0.1, 0.15) is 33.3 Å². The predicted molar refractivity (Wildman–Crippen MR) is 129 cm³/mol. The quantitative estimate of drug-likeness (QED) is 0.327. The van der Waals surface area contributed by atoms with E-state index in [2.05, 4.69) is 29.1 Å². The van der Waals surface area contributed by atoms with E-state index < -0.39 is 0 Å². The molecule has 0 aliphatic rings. The third-order valence-corrected chi connectivity index (χ3v) is 4.05. The molecule has 0 unspecified atom stereocenters. The third-order valence-electron chi connectivity index (χ3n) is 3.32. The standard InChI is InChI=1S/C20H20BrNO2.C3H6.C2H6/c1-3-4-6-9-16(2)14-22-13-12-18(19(21)20(22)23)24-15-17-10-7-5-8-11-17;1-3-2;1-2/h3-13H,2,14-15H2,1H3;3H,1H2,2H3;1-2H3/b4-3-,9-6-;;. The lowest BCUT2D eigenvalue weighted by molar-refractivity contribution is 0.302. The van der Waals surface area contributed by atoms with E-state index in [1.807, 2.05) is 82.3 Å². The minimum atomic E-state index is -0.138. The number of hydrogen-bond donors (Lipinski definition) is 0. The fraction of sp³-hybridized carbons (Fsp3) is 0.240. The van der Waals surface area contributed by atoms with E-state index in [-0.39, 0.29) is 5.56 Å². The highest BCUT2D eigenvalue weighted by Crippen LogP contribution is 2.21. The van der Waals surface area contributed by atoms with Gasteiger partial charge in [-0.1, -0.05) is 81.1 Å². The predicted octanol–water partition coefficient (Wildman–Crippen LogP) is 7.10. The summed E-state index contributed by atoms with van der Waals surface area (Å²) in [6, 6.07) is 11.6. The van der Waals surface area contributed by atoms with Crippen molar-refractivity contribution in [3.63, 3.8) is 0 Å². The molecule has 3 nitrogen and oxygen atoms in total. The van der Waals surface area contributed by atoms with Crippen LogP contribution in [0.25, 0.3) is 0 Å². The first-order chi connectivity index (χ1) is 14.0. The maximum Gasteiger partial charge on any atom is 0.268 e. The summed E-state index contributed by atoms with van der Waals surface area (Å²) in [6.45, 7) is 16.0. The zero-order valence-electron chi connectivity index (χ0n) is 17.9. The first-order valence-electron chi connectivity index (χ1n) is 9.63. The molecule has 0 N–H and O–H groups in total. The monoisotopic (exact) mass is 457 g/mol. The molecule has 1 heterocycles. The summed E-state index contributed by atoms with van der Waals surface area (Å²) in [5.74, 6) is 0.537. The molecule has 29 heavy (non-hydrogen) atoms. The maximum absolute atomic E-state index is 12.4. The Bertz CT molecular complexity index is 849. The Morgan fingerprint density at radius 3 is 2.34 bits per heavy atom. The van der Waals surface area contributed by atoms with Gasteiger partial charge in [0.1, 0.15) is 16.8 Å². The van der Waals surface area contributed by atoms with Crippen LogP contribution in [-0.4, -0.2) is 4.57 Å². The number of allylic oxidation sites excluding steroid dienone is 6. The van der Waals surface area contributed by atoms with Crippen LogP contribution in [0.2, 0.25) is 0 Å². The van der Waals surface area contributed by atoms with E-state index in [0.29, 0.717) is 23.4 Å². The summed E-state index contributed by atoms with van der Waals surface area (Å²) in [7, 11) is 0. The smallest absolute Gasteiger partial charge is 0.268 e. The van der Waals surface area contributed by atoms with Crippen molar-refractivity contribution in [1.82, 2.24) is 4.57 Å². The van der Waals surface area contributed by atoms with E-state index in [1.165, 1.54) is 0 Å². The Morgan fingerprint density at radius 1 is 1.14 bits per heavy atom. The van der Waals surface area contributed by atoms with Crippen molar-refractivity contribution in [2.45, 2.75) is 40.8 Å². The largest absolute Gasteiger partial charge is 0.487 e. The summed E-state index contributed by atoms with van der Waals surface area (Å²) >= 11 is 3.34. The second-order valence-corrected chi connectivity index (χ2v) is 6.45. The second-order valence-electron chi connectivity index (χ2n) is 5.65. The van der Waals surface area contributed by atoms with Gasteiger partial charge in [0, 0.05) is 6.20 Å². The second kappa shape index (κ2) is 16.4. The van der Waals surface area contributed by atoms with E-state index in [9.17, 15) is 4.79 Å². The van der Waals surface area contributed by atoms with Crippen molar-refractivity contribution in [2.24, 2.45) is 0 Å². The van der Waals surface area contributed by atoms with Gasteiger partial charge in [-0.05, 0) is 47.0 Å². The fourth-order valence-corrected chi connectivity index (χ4v) is 2.55. The van der Waals surface area contributed by atoms with Crippen LogP contribution in [0, 0.1) is 0 Å². The van der Waals surface area contributed by atoms with Crippen LogP contribution in [0.5, 0.6) is 5.75 Å². The number of rotatable bonds is 7. The third kappa shape index (κ3) is 10.5. The van der Waals surface area contributed by atoms with Gasteiger partial charge in [0.15, 0.2) is 0 Å². The fourth-order valence-electron chi connectivity index (χ4n) is 2.08. The lowest BCUT2D eigenvalue weighted by atomic mass is 10.2. The zero-order chi connectivity index (χ0) is 22.1. The van der Waals surface area contributed by atoms with Crippen LogP contribution in [0.3, 0.4) is 0 Å². The molecule has 0 amide bonds. The average Bonchev–Trinajstić information content (AvgIpc) is 2.74. The SMILES string of the molecule is C=C(/C=C\C=C/C)Cn1ccc(OCc2ccccc2)c(Br)c1=O.C=CC.CC. The highest BCUT2D eigenvalue weighted by molar-refractivity contribution is 9.10. The topological polar surface area (TPSA) is 31.2 Å². The van der Waals surface area contributed by atoms with Crippen molar-refractivity contribution in [3.8, 4) is 5.75 Å². The molecule has 0 spiro atoms. The summed E-state index contributed by atoms with van der Waals surface area (Å²) in [5.41, 5.74) is 1.76. The number of halogens is 1. The van der Waals surface area contributed by atoms with Gasteiger partial charge in [-0.25, -0.2) is 0 Å². The Labute approximate surface area is 183 Å². The molecule has 0 bridgehead atoms. The number of pyridine rings is 1. The molecule has 0 aliphatic carbocycles. The van der Waals surface area contributed by atoms with Gasteiger partial charge in [0.05, 0.1) is 6.54 Å². The average molecular weight is 458 g/mol. The van der Waals surface area contributed by atoms with Gasteiger partial charge < -0.3 is 9.30 Å². The molecular formula is C25H32BrNO2. The minimum Gasteiger partial charge on any atom is -0.487 e. The van der Waals surface area contributed by atoms with Crippen molar-refractivity contribution in [3.05, 3.63) is 112 Å². The molecule has 2 aromatic rings. The molecular weight excluding hydrogens is 426 g/mol. The number of benzene rings is 1. The van der Waals surface area contributed by atoms with Gasteiger partial charge in [-0.2, -0.15) is 0 Å². The van der Waals surface area contributed by atoms with E-state index >= 15 is 0 Å². The normalized spacial score (nSPS) is 9.97. The van der Waals surface area contributed by atoms with Crippen molar-refractivity contribution in [2.75, 3.05) is 0 Å². The molecule has 0 saturated carbocycles. The maximum atomic E-state index is 12.4. The highest BCUT2D eigenvalue weighted by atomic mass is 79.9. The number of ether oxygens (including phenoxy) is 1. The molecule has 1 aromatic heterocycles.